The molecule has 2 aromatic heterocycles. The second kappa shape index (κ2) is 9.09. The third kappa shape index (κ3) is 3.86. The summed E-state index contributed by atoms with van der Waals surface area (Å²) in [6, 6.07) is 0. The maximum absolute atomic E-state index is 13.1. The zero-order valence-electron chi connectivity index (χ0n) is 15.9. The minimum absolute atomic E-state index is 0.0890. The van der Waals surface area contributed by atoms with Crippen molar-refractivity contribution < 1.29 is 9.59 Å². The minimum atomic E-state index is 0.0890. The fourth-order valence-electron chi connectivity index (χ4n) is 3.70. The normalized spacial score (nSPS) is 13.2. The van der Waals surface area contributed by atoms with Gasteiger partial charge < -0.3 is 0 Å². The van der Waals surface area contributed by atoms with Crippen LogP contribution in [0.2, 0.25) is 0 Å². The molecule has 2 heterocycles. The van der Waals surface area contributed by atoms with Crippen LogP contribution in [0.5, 0.6) is 0 Å². The molecule has 0 atom stereocenters. The number of fused-ring (bicyclic) bond motifs is 2. The average Bonchev–Trinajstić information content (AvgIpc) is 3.25. The highest BCUT2D eigenvalue weighted by Crippen LogP contribution is 2.39. The molecular formula is C22H28O2S2. The number of hydrogen-bond donors (Lipinski definition) is 0. The van der Waals surface area contributed by atoms with Crippen LogP contribution < -0.4 is 0 Å². The van der Waals surface area contributed by atoms with Crippen LogP contribution in [-0.2, 0) is 12.8 Å². The number of carbonyl (C=O) groups excluding carboxylic acids is 2. The van der Waals surface area contributed by atoms with E-state index in [1.54, 1.807) is 0 Å². The molecule has 1 aliphatic rings. The van der Waals surface area contributed by atoms with Crippen molar-refractivity contribution in [2.24, 2.45) is 0 Å². The lowest BCUT2D eigenvalue weighted by Crippen LogP contribution is -2.19. The molecule has 0 saturated carbocycles. The summed E-state index contributed by atoms with van der Waals surface area (Å²) in [6.07, 6.45) is 11.3. The van der Waals surface area contributed by atoms with Gasteiger partial charge in [0, 0.05) is 11.1 Å². The maximum Gasteiger partial charge on any atom is 0.205 e. The van der Waals surface area contributed by atoms with Crippen LogP contribution in [0.4, 0.5) is 0 Å². The van der Waals surface area contributed by atoms with E-state index >= 15 is 0 Å². The van der Waals surface area contributed by atoms with Gasteiger partial charge in [-0.2, -0.15) is 0 Å². The van der Waals surface area contributed by atoms with Gasteiger partial charge in [0.1, 0.15) is 0 Å². The highest BCUT2D eigenvalue weighted by molar-refractivity contribution is 7.15. The zero-order valence-corrected chi connectivity index (χ0v) is 17.5. The summed E-state index contributed by atoms with van der Waals surface area (Å²) in [5, 5.41) is 4.09. The Hall–Kier alpha value is -1.26. The van der Waals surface area contributed by atoms with E-state index in [-0.39, 0.29) is 11.6 Å². The van der Waals surface area contributed by atoms with Crippen LogP contribution >= 0.6 is 22.7 Å². The fourth-order valence-corrected chi connectivity index (χ4v) is 5.79. The molecule has 1 aliphatic carbocycles. The molecular weight excluding hydrogens is 360 g/mol. The first kappa shape index (κ1) is 19.5. The molecule has 2 aromatic rings. The van der Waals surface area contributed by atoms with E-state index in [4.69, 9.17) is 0 Å². The SMILES string of the molecule is CCCCCCc1csc2c1C(=O)c1scc(CCCCCC)c1C2=O. The second-order valence-corrected chi connectivity index (χ2v) is 8.97. The van der Waals surface area contributed by atoms with Crippen LogP contribution in [0.3, 0.4) is 0 Å². The number of aryl methyl sites for hydroxylation is 2. The number of hydrogen-bond acceptors (Lipinski definition) is 4. The Morgan fingerprint density at radius 2 is 1.08 bits per heavy atom. The lowest BCUT2D eigenvalue weighted by atomic mass is 9.88. The predicted molar refractivity (Wildman–Crippen MR) is 111 cm³/mol. The summed E-state index contributed by atoms with van der Waals surface area (Å²) in [6.45, 7) is 4.40. The zero-order chi connectivity index (χ0) is 18.5. The number of thiophene rings is 2. The molecule has 0 N–H and O–H groups in total. The van der Waals surface area contributed by atoms with Gasteiger partial charge in [0.25, 0.3) is 0 Å². The Balaban J connectivity index is 1.78. The summed E-state index contributed by atoms with van der Waals surface area (Å²) in [7, 11) is 0. The van der Waals surface area contributed by atoms with Crippen molar-refractivity contribution in [3.8, 4) is 0 Å². The van der Waals surface area contributed by atoms with Gasteiger partial charge in [-0.25, -0.2) is 0 Å². The van der Waals surface area contributed by atoms with Gasteiger partial charge in [0.2, 0.25) is 11.6 Å². The van der Waals surface area contributed by atoms with Gasteiger partial charge >= 0.3 is 0 Å². The molecule has 2 nitrogen and oxygen atoms in total. The lowest BCUT2D eigenvalue weighted by Gasteiger charge is -2.14. The molecule has 0 radical (unpaired) electrons. The van der Waals surface area contributed by atoms with Crippen LogP contribution in [0.15, 0.2) is 10.8 Å². The van der Waals surface area contributed by atoms with Gasteiger partial charge in [0.05, 0.1) is 9.75 Å². The number of unbranched alkanes of at least 4 members (excludes halogenated alkanes) is 6. The van der Waals surface area contributed by atoms with Gasteiger partial charge in [-0.3, -0.25) is 9.59 Å². The molecule has 0 amide bonds. The van der Waals surface area contributed by atoms with Crippen LogP contribution in [0.1, 0.15) is 107 Å². The summed E-state index contributed by atoms with van der Waals surface area (Å²) in [4.78, 5) is 27.5. The Kier molecular flexibility index (Phi) is 6.82. The van der Waals surface area contributed by atoms with Crippen LogP contribution in [0.25, 0.3) is 0 Å². The van der Waals surface area contributed by atoms with Crippen LogP contribution in [-0.4, -0.2) is 11.6 Å². The molecule has 3 rings (SSSR count). The van der Waals surface area contributed by atoms with E-state index < -0.39 is 0 Å². The summed E-state index contributed by atoms with van der Waals surface area (Å²) >= 11 is 2.94. The van der Waals surface area contributed by atoms with Gasteiger partial charge in [-0.15, -0.1) is 22.7 Å². The molecule has 0 bridgehead atoms. The Bertz CT molecular complexity index is 716. The van der Waals surface area contributed by atoms with Crippen molar-refractivity contribution in [2.75, 3.05) is 0 Å². The number of rotatable bonds is 10. The molecule has 4 heteroatoms. The first-order valence-electron chi connectivity index (χ1n) is 9.99. The largest absolute Gasteiger partial charge is 0.288 e. The van der Waals surface area contributed by atoms with E-state index in [1.165, 1.54) is 61.2 Å². The highest BCUT2D eigenvalue weighted by Gasteiger charge is 2.36. The molecule has 0 saturated heterocycles. The lowest BCUT2D eigenvalue weighted by molar-refractivity contribution is 0.0984. The second-order valence-electron chi connectivity index (χ2n) is 7.21. The smallest absolute Gasteiger partial charge is 0.205 e. The van der Waals surface area contributed by atoms with E-state index in [0.29, 0.717) is 20.9 Å². The molecule has 0 fully saturated rings. The Morgan fingerprint density at radius 3 is 1.46 bits per heavy atom. The summed E-state index contributed by atoms with van der Waals surface area (Å²) < 4.78 is 0. The van der Waals surface area contributed by atoms with Gasteiger partial charge in [0.15, 0.2) is 0 Å². The van der Waals surface area contributed by atoms with Crippen LogP contribution in [0, 0.1) is 0 Å². The average molecular weight is 389 g/mol. The Morgan fingerprint density at radius 1 is 0.654 bits per heavy atom. The first-order valence-corrected chi connectivity index (χ1v) is 11.7. The van der Waals surface area contributed by atoms with Crippen molar-refractivity contribution in [2.45, 2.75) is 78.1 Å². The summed E-state index contributed by atoms with van der Waals surface area (Å²) in [5.74, 6) is 0.178. The van der Waals surface area contributed by atoms with Crippen molar-refractivity contribution in [3.05, 3.63) is 42.8 Å². The van der Waals surface area contributed by atoms with Crippen molar-refractivity contribution in [1.29, 1.82) is 0 Å². The maximum atomic E-state index is 13.1. The van der Waals surface area contributed by atoms with Gasteiger partial charge in [-0.1, -0.05) is 52.4 Å². The fraction of sp³-hybridized carbons (Fsp3) is 0.545. The van der Waals surface area contributed by atoms with Crippen molar-refractivity contribution in [3.63, 3.8) is 0 Å². The quantitative estimate of drug-likeness (QED) is 0.357. The third-order valence-corrected chi connectivity index (χ3v) is 7.26. The van der Waals surface area contributed by atoms with Crippen molar-refractivity contribution >= 4 is 34.2 Å². The molecule has 26 heavy (non-hydrogen) atoms. The Labute approximate surface area is 164 Å². The molecule has 140 valence electrons. The van der Waals surface area contributed by atoms with E-state index in [0.717, 1.165) is 36.8 Å². The number of ketones is 2. The van der Waals surface area contributed by atoms with Crippen molar-refractivity contribution in [1.82, 2.24) is 0 Å². The van der Waals surface area contributed by atoms with E-state index in [9.17, 15) is 9.59 Å². The standard InChI is InChI=1S/C22H28O2S2/c1-3-5-7-9-11-15-13-25-21-17(15)19(23)22-18(20(21)24)16(14-26-22)12-10-8-6-4-2/h13-14H,3-12H2,1-2H3. The molecule has 0 unspecified atom stereocenters. The third-order valence-electron chi connectivity index (χ3n) is 5.20. The first-order chi connectivity index (χ1) is 12.7. The van der Waals surface area contributed by atoms with E-state index in [2.05, 4.69) is 13.8 Å². The monoisotopic (exact) mass is 388 g/mol. The number of carbonyl (C=O) groups is 2. The van der Waals surface area contributed by atoms with Gasteiger partial charge in [-0.05, 0) is 47.6 Å². The molecule has 0 aromatic carbocycles. The molecule has 0 spiro atoms. The topological polar surface area (TPSA) is 34.1 Å². The van der Waals surface area contributed by atoms with E-state index in [1.807, 2.05) is 10.8 Å². The highest BCUT2D eigenvalue weighted by atomic mass is 32.1. The predicted octanol–water partition coefficient (Wildman–Crippen LogP) is 6.83. The molecule has 0 aliphatic heterocycles. The minimum Gasteiger partial charge on any atom is -0.288 e. The summed E-state index contributed by atoms with van der Waals surface area (Å²) in [5.41, 5.74) is 3.60.